The molecule has 4 aromatic heterocycles. The molecule has 3 amide bonds. The number of thiophene rings is 2. The van der Waals surface area contributed by atoms with Crippen molar-refractivity contribution < 1.29 is 29.1 Å². The molecule has 0 aliphatic heterocycles. The maximum Gasteiger partial charge on any atom is 0.310 e. The number of carbonyl (C=O) groups excluding carboxylic acids is 4. The monoisotopic (exact) mass is 593 g/mol. The lowest BCUT2D eigenvalue weighted by Gasteiger charge is -1.95. The minimum Gasteiger partial charge on any atom is -0.469 e. The number of thiazole rings is 2. The van der Waals surface area contributed by atoms with Crippen LogP contribution in [0.4, 0.5) is 10.3 Å². The van der Waals surface area contributed by atoms with E-state index in [1.54, 1.807) is 5.48 Å². The van der Waals surface area contributed by atoms with E-state index >= 15 is 0 Å². The fraction of sp³-hybridized carbons (Fsp3) is 0.217. The second-order valence-corrected chi connectivity index (χ2v) is 11.5. The van der Waals surface area contributed by atoms with Gasteiger partial charge in [0.1, 0.15) is 0 Å². The summed E-state index contributed by atoms with van der Waals surface area (Å²) in [6, 6.07) is 7.47. The zero-order valence-electron chi connectivity index (χ0n) is 20.4. The van der Waals surface area contributed by atoms with Gasteiger partial charge in [-0.15, -0.1) is 45.3 Å². The fourth-order valence-corrected chi connectivity index (χ4v) is 6.41. The molecule has 0 unspecified atom stereocenters. The lowest BCUT2D eigenvalue weighted by molar-refractivity contribution is -0.139. The highest BCUT2D eigenvalue weighted by Crippen LogP contribution is 2.32. The van der Waals surface area contributed by atoms with E-state index in [-0.39, 0.29) is 30.6 Å². The van der Waals surface area contributed by atoms with E-state index in [2.05, 4.69) is 25.3 Å². The van der Waals surface area contributed by atoms with Crippen molar-refractivity contribution in [1.82, 2.24) is 15.4 Å². The molecule has 15 heteroatoms. The van der Waals surface area contributed by atoms with E-state index in [0.29, 0.717) is 10.3 Å². The van der Waals surface area contributed by atoms with Crippen LogP contribution < -0.4 is 16.1 Å². The van der Waals surface area contributed by atoms with Gasteiger partial charge in [-0.25, -0.2) is 15.4 Å². The number of ether oxygens (including phenoxy) is 1. The Hall–Kier alpha value is -3.50. The second-order valence-electron chi connectivity index (χ2n) is 7.43. The fourth-order valence-electron chi connectivity index (χ4n) is 2.82. The lowest BCUT2D eigenvalue weighted by atomic mass is 10.3. The molecule has 0 aliphatic carbocycles. The minimum atomic E-state index is -0.453. The number of hydrogen-bond acceptors (Lipinski definition) is 12. The molecule has 0 spiro atoms. The average Bonchev–Trinajstić information content (AvgIpc) is 3.66. The summed E-state index contributed by atoms with van der Waals surface area (Å²) in [6.07, 6.45) is 0.397. The predicted molar refractivity (Wildman–Crippen MR) is 149 cm³/mol. The first-order valence-corrected chi connectivity index (χ1v) is 14.2. The first kappa shape index (κ1) is 29.1. The summed E-state index contributed by atoms with van der Waals surface area (Å²) in [5.74, 6) is -1.01. The molecule has 4 heterocycles. The quantitative estimate of drug-likeness (QED) is 0.133. The Morgan fingerprint density at radius 1 is 0.816 bits per heavy atom. The lowest BCUT2D eigenvalue weighted by Crippen LogP contribution is -2.20. The summed E-state index contributed by atoms with van der Waals surface area (Å²) < 4.78 is 4.62. The summed E-state index contributed by atoms with van der Waals surface area (Å²) in [5, 5.41) is 18.6. The molecule has 0 saturated heterocycles. The van der Waals surface area contributed by atoms with Crippen LogP contribution in [0.3, 0.4) is 0 Å². The molecule has 0 bridgehead atoms. The van der Waals surface area contributed by atoms with Crippen LogP contribution in [0.2, 0.25) is 0 Å². The normalized spacial score (nSPS) is 10.2. The number of anilines is 2. The third-order valence-corrected chi connectivity index (χ3v) is 8.14. The van der Waals surface area contributed by atoms with E-state index in [1.165, 1.54) is 66.3 Å². The Morgan fingerprint density at radius 3 is 1.71 bits per heavy atom. The van der Waals surface area contributed by atoms with Crippen LogP contribution in [-0.2, 0) is 36.8 Å². The van der Waals surface area contributed by atoms with Gasteiger partial charge < -0.3 is 15.4 Å². The molecule has 200 valence electrons. The SMILES string of the molecule is CC(=O)Nc1nc(-c2ccc(CC(=O)NO)s2)cs1.COC(=O)Cc1ccc(-c2csc(NC(C)=O)n2)s1. The third-order valence-electron chi connectivity index (χ3n) is 4.41. The average molecular weight is 594 g/mol. The van der Waals surface area contributed by atoms with Crippen molar-refractivity contribution in [3.05, 3.63) is 44.8 Å². The maximum absolute atomic E-state index is 11.2. The number of hydroxylamine groups is 1. The van der Waals surface area contributed by atoms with Crippen molar-refractivity contribution in [2.45, 2.75) is 26.7 Å². The molecule has 11 nitrogen and oxygen atoms in total. The van der Waals surface area contributed by atoms with Crippen molar-refractivity contribution in [3.8, 4) is 21.1 Å². The van der Waals surface area contributed by atoms with E-state index in [1.807, 2.05) is 35.0 Å². The molecule has 0 atom stereocenters. The Labute approximate surface area is 233 Å². The molecular weight excluding hydrogens is 571 g/mol. The molecule has 4 rings (SSSR count). The molecule has 0 aromatic carbocycles. The molecule has 0 saturated carbocycles. The number of nitrogens with one attached hydrogen (secondary N) is 3. The number of amides is 3. The largest absolute Gasteiger partial charge is 0.469 e. The standard InChI is InChI=1S/C12H12N2O3S2.C11H11N3O3S2/c1-7(15)13-12-14-9(6-18-12)10-4-3-8(19-10)5-11(16)17-2;1-6(15)12-11-13-8(5-18-11)9-3-2-7(19-9)4-10(16)14-17/h3-4,6H,5H2,1-2H3,(H,13,14,15);2-3,5,17H,4H2,1H3,(H,14,16)(H,12,13,15). The molecule has 0 radical (unpaired) electrons. The van der Waals surface area contributed by atoms with Crippen LogP contribution in [0.15, 0.2) is 35.0 Å². The predicted octanol–water partition coefficient (Wildman–Crippen LogP) is 4.42. The topological polar surface area (TPSA) is 160 Å². The summed E-state index contributed by atoms with van der Waals surface area (Å²) >= 11 is 5.63. The van der Waals surface area contributed by atoms with E-state index in [4.69, 9.17) is 5.21 Å². The van der Waals surface area contributed by atoms with Crippen molar-refractivity contribution >= 4 is 79.3 Å². The zero-order valence-corrected chi connectivity index (χ0v) is 23.7. The maximum atomic E-state index is 11.2. The van der Waals surface area contributed by atoms with Crippen LogP contribution in [0.25, 0.3) is 21.1 Å². The van der Waals surface area contributed by atoms with Crippen molar-refractivity contribution in [3.63, 3.8) is 0 Å². The van der Waals surface area contributed by atoms with Gasteiger partial charge in [0.25, 0.3) is 0 Å². The molecule has 0 fully saturated rings. The van der Waals surface area contributed by atoms with Gasteiger partial charge in [-0.05, 0) is 24.3 Å². The van der Waals surface area contributed by atoms with Crippen LogP contribution >= 0.6 is 45.3 Å². The number of methoxy groups -OCH3 is 1. The van der Waals surface area contributed by atoms with Gasteiger partial charge >= 0.3 is 5.97 Å². The number of rotatable bonds is 8. The van der Waals surface area contributed by atoms with Crippen LogP contribution in [-0.4, -0.2) is 46.0 Å². The highest BCUT2D eigenvalue weighted by Gasteiger charge is 2.12. The number of esters is 1. The molecule has 38 heavy (non-hydrogen) atoms. The van der Waals surface area contributed by atoms with Gasteiger partial charge in [-0.2, -0.15) is 0 Å². The summed E-state index contributed by atoms with van der Waals surface area (Å²) in [6.45, 7) is 2.87. The summed E-state index contributed by atoms with van der Waals surface area (Å²) in [7, 11) is 1.37. The Bertz CT molecular complexity index is 1320. The van der Waals surface area contributed by atoms with Gasteiger partial charge in [-0.3, -0.25) is 24.4 Å². The van der Waals surface area contributed by atoms with Gasteiger partial charge in [-0.1, -0.05) is 0 Å². The third kappa shape index (κ3) is 8.81. The highest BCUT2D eigenvalue weighted by molar-refractivity contribution is 7.17. The van der Waals surface area contributed by atoms with Crippen LogP contribution in [0, 0.1) is 0 Å². The first-order chi connectivity index (χ1) is 18.2. The van der Waals surface area contributed by atoms with Gasteiger partial charge in [0.2, 0.25) is 17.7 Å². The Kier molecular flexibility index (Phi) is 10.6. The minimum absolute atomic E-state index is 0.129. The van der Waals surface area contributed by atoms with E-state index < -0.39 is 5.91 Å². The van der Waals surface area contributed by atoms with Crippen LogP contribution in [0.1, 0.15) is 23.6 Å². The van der Waals surface area contributed by atoms with Crippen LogP contribution in [0.5, 0.6) is 0 Å². The Balaban J connectivity index is 0.000000211. The van der Waals surface area contributed by atoms with Crippen molar-refractivity contribution in [2.75, 3.05) is 17.7 Å². The van der Waals surface area contributed by atoms with Crippen molar-refractivity contribution in [2.24, 2.45) is 0 Å². The summed E-state index contributed by atoms with van der Waals surface area (Å²) in [4.78, 5) is 56.3. The molecule has 4 aromatic rings. The Morgan fingerprint density at radius 2 is 1.29 bits per heavy atom. The van der Waals surface area contributed by atoms with Gasteiger partial charge in [0.15, 0.2) is 10.3 Å². The van der Waals surface area contributed by atoms with E-state index in [9.17, 15) is 19.2 Å². The smallest absolute Gasteiger partial charge is 0.310 e. The second kappa shape index (κ2) is 13.9. The number of hydrogen-bond donors (Lipinski definition) is 4. The number of aromatic nitrogens is 2. The zero-order chi connectivity index (χ0) is 27.7. The molecule has 4 N–H and O–H groups in total. The number of carbonyl (C=O) groups is 4. The molecular formula is C23H23N5O6S4. The summed E-state index contributed by atoms with van der Waals surface area (Å²) in [5.41, 5.74) is 3.15. The highest BCUT2D eigenvalue weighted by atomic mass is 32.1. The molecule has 0 aliphatic rings. The first-order valence-electron chi connectivity index (χ1n) is 10.8. The number of nitrogens with zero attached hydrogens (tertiary/aromatic N) is 2. The van der Waals surface area contributed by atoms with Gasteiger partial charge in [0.05, 0.1) is 41.1 Å². The van der Waals surface area contributed by atoms with E-state index in [0.717, 1.165) is 30.9 Å². The van der Waals surface area contributed by atoms with Gasteiger partial charge in [0, 0.05) is 34.4 Å². The van der Waals surface area contributed by atoms with Crippen molar-refractivity contribution in [1.29, 1.82) is 0 Å².